The highest BCUT2D eigenvalue weighted by Crippen LogP contribution is 2.31. The first-order valence-electron chi connectivity index (χ1n) is 15.3. The second-order valence-corrected chi connectivity index (χ2v) is 11.6. The van der Waals surface area contributed by atoms with Crippen LogP contribution in [-0.2, 0) is 22.5 Å². The number of likely N-dealkylation sites (tertiary alicyclic amines) is 1. The fraction of sp³-hybridized carbons (Fsp3) is 0.400. The van der Waals surface area contributed by atoms with Gasteiger partial charge < -0.3 is 24.8 Å². The van der Waals surface area contributed by atoms with Gasteiger partial charge >= 0.3 is 6.03 Å². The van der Waals surface area contributed by atoms with Crippen LogP contribution in [0.3, 0.4) is 0 Å². The number of aromatic nitrogens is 2. The lowest BCUT2D eigenvalue weighted by Crippen LogP contribution is -2.40. The van der Waals surface area contributed by atoms with Gasteiger partial charge in [-0.3, -0.25) is 4.79 Å². The smallest absolute Gasteiger partial charge is 0.318 e. The number of nitrogens with zero attached hydrogens (tertiary/aromatic N) is 3. The van der Waals surface area contributed by atoms with E-state index in [1.165, 1.54) is 5.56 Å². The SMILES string of the molecule is CNC(=O)Nc1ccc(-c2ccc(C[C@@H](C)CC(=O)N3CCC[C@@H](c4nc5ccccc5n4CCCOC)C3)cc2)cc1. The largest absolute Gasteiger partial charge is 0.385 e. The van der Waals surface area contributed by atoms with Gasteiger partial charge in [0, 0.05) is 58.4 Å². The summed E-state index contributed by atoms with van der Waals surface area (Å²) in [5, 5.41) is 5.33. The number of urea groups is 1. The zero-order valence-electron chi connectivity index (χ0n) is 25.5. The fourth-order valence-electron chi connectivity index (χ4n) is 6.10. The van der Waals surface area contributed by atoms with E-state index in [4.69, 9.17) is 9.72 Å². The molecule has 226 valence electrons. The van der Waals surface area contributed by atoms with E-state index in [2.05, 4.69) is 69.5 Å². The van der Waals surface area contributed by atoms with Gasteiger partial charge in [0.05, 0.1) is 11.0 Å². The summed E-state index contributed by atoms with van der Waals surface area (Å²) < 4.78 is 7.65. The first-order chi connectivity index (χ1) is 20.9. The Morgan fingerprint density at radius 3 is 2.47 bits per heavy atom. The molecule has 1 aliphatic rings. The Kier molecular flexibility index (Phi) is 10.1. The van der Waals surface area contributed by atoms with Crippen molar-refractivity contribution in [1.29, 1.82) is 0 Å². The number of hydrogen-bond donors (Lipinski definition) is 2. The first kappa shape index (κ1) is 30.3. The van der Waals surface area contributed by atoms with Crippen LogP contribution >= 0.6 is 0 Å². The summed E-state index contributed by atoms with van der Waals surface area (Å²) >= 11 is 0. The number of ether oxygens (including phenoxy) is 1. The fourth-order valence-corrected chi connectivity index (χ4v) is 6.10. The van der Waals surface area contributed by atoms with Gasteiger partial charge in [-0.25, -0.2) is 9.78 Å². The van der Waals surface area contributed by atoms with Gasteiger partial charge in [0.25, 0.3) is 0 Å². The molecule has 1 fully saturated rings. The van der Waals surface area contributed by atoms with Crippen molar-refractivity contribution in [2.75, 3.05) is 39.2 Å². The van der Waals surface area contributed by atoms with E-state index in [-0.39, 0.29) is 23.8 Å². The number of hydrogen-bond acceptors (Lipinski definition) is 4. The van der Waals surface area contributed by atoms with Gasteiger partial charge in [-0.05, 0) is 72.6 Å². The normalized spacial score (nSPS) is 15.8. The number of benzene rings is 3. The highest BCUT2D eigenvalue weighted by atomic mass is 16.5. The molecule has 0 bridgehead atoms. The van der Waals surface area contributed by atoms with Crippen LogP contribution in [0, 0.1) is 5.92 Å². The molecule has 1 aliphatic heterocycles. The van der Waals surface area contributed by atoms with Crippen LogP contribution in [0.2, 0.25) is 0 Å². The quantitative estimate of drug-likeness (QED) is 0.199. The Bertz CT molecular complexity index is 1510. The molecule has 0 radical (unpaired) electrons. The molecule has 3 amide bonds. The maximum absolute atomic E-state index is 13.4. The predicted molar refractivity (Wildman–Crippen MR) is 172 cm³/mol. The third-order valence-electron chi connectivity index (χ3n) is 8.32. The Hall–Kier alpha value is -4.17. The summed E-state index contributed by atoms with van der Waals surface area (Å²) in [6.07, 6.45) is 4.37. The zero-order chi connectivity index (χ0) is 30.2. The third kappa shape index (κ3) is 7.62. The summed E-state index contributed by atoms with van der Waals surface area (Å²) in [6.45, 7) is 5.29. The highest BCUT2D eigenvalue weighted by Gasteiger charge is 2.29. The number of piperidine rings is 1. The molecule has 2 atom stereocenters. The molecular formula is C35H43N5O3. The van der Waals surface area contributed by atoms with E-state index in [1.54, 1.807) is 14.2 Å². The number of amides is 3. The average Bonchev–Trinajstić information content (AvgIpc) is 3.40. The number of carbonyl (C=O) groups is 2. The lowest BCUT2D eigenvalue weighted by molar-refractivity contribution is -0.133. The Morgan fingerprint density at radius 1 is 1.02 bits per heavy atom. The monoisotopic (exact) mass is 581 g/mol. The Morgan fingerprint density at radius 2 is 1.74 bits per heavy atom. The summed E-state index contributed by atoms with van der Waals surface area (Å²) in [5.41, 5.74) is 6.36. The molecule has 8 heteroatoms. The minimum atomic E-state index is -0.237. The van der Waals surface area contributed by atoms with Crippen LogP contribution in [0.15, 0.2) is 72.8 Å². The van der Waals surface area contributed by atoms with Crippen LogP contribution in [0.1, 0.15) is 49.9 Å². The van der Waals surface area contributed by atoms with Crippen LogP contribution in [0.4, 0.5) is 10.5 Å². The maximum atomic E-state index is 13.4. The number of anilines is 1. The van der Waals surface area contributed by atoms with Gasteiger partial charge in [-0.2, -0.15) is 0 Å². The Labute approximate surface area is 254 Å². The number of aryl methyl sites for hydroxylation is 1. The van der Waals surface area contributed by atoms with E-state index in [9.17, 15) is 9.59 Å². The van der Waals surface area contributed by atoms with E-state index < -0.39 is 0 Å². The summed E-state index contributed by atoms with van der Waals surface area (Å²) in [6, 6.07) is 24.4. The van der Waals surface area contributed by atoms with E-state index >= 15 is 0 Å². The third-order valence-corrected chi connectivity index (χ3v) is 8.32. The standard InChI is InChI=1S/C35H43N5O3/c1-25(22-26-11-13-27(14-12-26)28-15-17-30(18-16-28)37-35(42)36-2)23-33(41)39-19-6-8-29(24-39)34-38-31-9-4-5-10-32(31)40(34)20-7-21-43-3/h4-5,9-18,25,29H,6-8,19-24H2,1-3H3,(H2,36,37,42)/t25-,29-/m1/s1. The first-order valence-corrected chi connectivity index (χ1v) is 15.3. The van der Waals surface area contributed by atoms with Gasteiger partial charge in [0.2, 0.25) is 5.91 Å². The zero-order valence-corrected chi connectivity index (χ0v) is 25.5. The lowest BCUT2D eigenvalue weighted by Gasteiger charge is -2.33. The molecule has 0 aliphatic carbocycles. The van der Waals surface area contributed by atoms with Crippen molar-refractivity contribution in [3.05, 3.63) is 84.2 Å². The average molecular weight is 582 g/mol. The lowest BCUT2D eigenvalue weighted by atomic mass is 9.93. The maximum Gasteiger partial charge on any atom is 0.318 e. The molecule has 0 unspecified atom stereocenters. The second kappa shape index (κ2) is 14.3. The summed E-state index contributed by atoms with van der Waals surface area (Å²) in [5.74, 6) is 1.82. The topological polar surface area (TPSA) is 88.5 Å². The van der Waals surface area contributed by atoms with Crippen LogP contribution in [0.5, 0.6) is 0 Å². The molecule has 43 heavy (non-hydrogen) atoms. The molecule has 0 spiro atoms. The van der Waals surface area contributed by atoms with Gasteiger partial charge in [0.1, 0.15) is 5.82 Å². The predicted octanol–water partition coefficient (Wildman–Crippen LogP) is 6.47. The molecular weight excluding hydrogens is 538 g/mol. The molecule has 8 nitrogen and oxygen atoms in total. The molecule has 5 rings (SSSR count). The van der Waals surface area contributed by atoms with Crippen molar-refractivity contribution in [3.63, 3.8) is 0 Å². The number of nitrogens with one attached hydrogen (secondary N) is 2. The molecule has 4 aromatic rings. The van der Waals surface area contributed by atoms with Crippen molar-refractivity contribution < 1.29 is 14.3 Å². The highest BCUT2D eigenvalue weighted by molar-refractivity contribution is 5.89. The number of carbonyl (C=O) groups excluding carboxylic acids is 2. The number of imidazole rings is 1. The van der Waals surface area contributed by atoms with Gasteiger partial charge in [0.15, 0.2) is 0 Å². The minimum Gasteiger partial charge on any atom is -0.385 e. The van der Waals surface area contributed by atoms with E-state index in [1.807, 2.05) is 30.3 Å². The number of rotatable bonds is 11. The van der Waals surface area contributed by atoms with Gasteiger partial charge in [-0.1, -0.05) is 55.5 Å². The minimum absolute atomic E-state index is 0.237. The van der Waals surface area contributed by atoms with Gasteiger partial charge in [-0.15, -0.1) is 0 Å². The molecule has 3 aromatic carbocycles. The molecule has 0 saturated carbocycles. The second-order valence-electron chi connectivity index (χ2n) is 11.6. The van der Waals surface area contributed by atoms with Crippen LogP contribution in [-0.4, -0.2) is 60.2 Å². The number of para-hydroxylation sites is 2. The Balaban J connectivity index is 1.17. The summed E-state index contributed by atoms with van der Waals surface area (Å²) in [7, 11) is 3.33. The van der Waals surface area contributed by atoms with Crippen molar-refractivity contribution in [2.45, 2.75) is 51.5 Å². The van der Waals surface area contributed by atoms with Crippen molar-refractivity contribution in [2.24, 2.45) is 5.92 Å². The summed E-state index contributed by atoms with van der Waals surface area (Å²) in [4.78, 5) is 32.1. The molecule has 1 aromatic heterocycles. The number of fused-ring (bicyclic) bond motifs is 1. The number of methoxy groups -OCH3 is 1. The molecule has 2 heterocycles. The molecule has 1 saturated heterocycles. The van der Waals surface area contributed by atoms with Crippen molar-refractivity contribution in [3.8, 4) is 11.1 Å². The van der Waals surface area contributed by atoms with Crippen LogP contribution in [0.25, 0.3) is 22.2 Å². The van der Waals surface area contributed by atoms with Crippen molar-refractivity contribution in [1.82, 2.24) is 19.8 Å². The van der Waals surface area contributed by atoms with Crippen LogP contribution < -0.4 is 10.6 Å². The molecule has 2 N–H and O–H groups in total. The van der Waals surface area contributed by atoms with Crippen molar-refractivity contribution >= 4 is 28.7 Å². The van der Waals surface area contributed by atoms with E-state index in [0.29, 0.717) is 13.0 Å². The van der Waals surface area contributed by atoms with E-state index in [0.717, 1.165) is 79.0 Å².